The Kier molecular flexibility index (Phi) is 16.8. The van der Waals surface area contributed by atoms with Crippen molar-refractivity contribution in [2.45, 2.75) is 25.3 Å². The van der Waals surface area contributed by atoms with Crippen LogP contribution in [0.1, 0.15) is 19.3 Å². The van der Waals surface area contributed by atoms with Gasteiger partial charge in [-0.05, 0) is 19.4 Å². The summed E-state index contributed by atoms with van der Waals surface area (Å²) in [6.45, 7) is 0.604. The van der Waals surface area contributed by atoms with E-state index in [-0.39, 0.29) is 37.7 Å². The minimum absolute atomic E-state index is 0. The van der Waals surface area contributed by atoms with Crippen molar-refractivity contribution in [3.8, 4) is 0 Å². The van der Waals surface area contributed by atoms with E-state index in [1.165, 1.54) is 0 Å². The van der Waals surface area contributed by atoms with E-state index in [1.807, 2.05) is 0 Å². The number of hydrogen-bond donors (Lipinski definition) is 4. The van der Waals surface area contributed by atoms with Crippen molar-refractivity contribution in [2.24, 2.45) is 11.5 Å². The summed E-state index contributed by atoms with van der Waals surface area (Å²) in [5.41, 5.74) is 10.4. The molecule has 1 atom stereocenters. The summed E-state index contributed by atoms with van der Waals surface area (Å²) in [7, 11) is -5.14. The van der Waals surface area contributed by atoms with Gasteiger partial charge in [0, 0.05) is 0 Å². The van der Waals surface area contributed by atoms with Crippen molar-refractivity contribution in [1.82, 2.24) is 0 Å². The summed E-state index contributed by atoms with van der Waals surface area (Å²) < 4.78 is 8.66. The Labute approximate surface area is 123 Å². The van der Waals surface area contributed by atoms with Gasteiger partial charge < -0.3 is 35.8 Å². The average Bonchev–Trinajstić information content (AvgIpc) is 2.01. The van der Waals surface area contributed by atoms with E-state index in [1.54, 1.807) is 0 Å². The second-order valence-electron chi connectivity index (χ2n) is 2.70. The summed E-state index contributed by atoms with van der Waals surface area (Å²) in [5, 5.41) is 8.33. The molecule has 0 unspecified atom stereocenters. The first-order valence-corrected chi connectivity index (χ1v) is 5.61. The van der Waals surface area contributed by atoms with Gasteiger partial charge in [-0.1, -0.05) is 6.42 Å². The molecule has 0 rings (SSSR count). The van der Waals surface area contributed by atoms with Crippen molar-refractivity contribution < 1.29 is 29.1 Å². The fourth-order valence-electron chi connectivity index (χ4n) is 0.632. The van der Waals surface area contributed by atoms with Crippen molar-refractivity contribution >= 4 is 51.5 Å². The van der Waals surface area contributed by atoms with Gasteiger partial charge in [0.1, 0.15) is 6.04 Å². The van der Waals surface area contributed by atoms with E-state index >= 15 is 0 Å². The number of phosphoric acid groups is 1. The zero-order chi connectivity index (χ0) is 12.5. The Morgan fingerprint density at radius 1 is 1.38 bits per heavy atom. The Morgan fingerprint density at radius 3 is 2.00 bits per heavy atom. The zero-order valence-corrected chi connectivity index (χ0v) is 11.8. The maximum absolute atomic E-state index is 10.1. The Bertz CT molecular complexity index is 215. The maximum atomic E-state index is 10.1. The summed E-state index contributed by atoms with van der Waals surface area (Å²) in [6, 6.07) is -0.716. The van der Waals surface area contributed by atoms with Crippen LogP contribution < -0.4 is 21.3 Å². The van der Waals surface area contributed by atoms with Crippen LogP contribution in [0.3, 0.4) is 0 Å². The van der Waals surface area contributed by atoms with Crippen molar-refractivity contribution in [1.29, 1.82) is 0 Å². The smallest absolute Gasteiger partial charge is 0.790 e. The number of aliphatic carboxylic acids is 1. The second-order valence-corrected chi connectivity index (χ2v) is 3.63. The van der Waals surface area contributed by atoms with Gasteiger partial charge in [0.2, 0.25) is 0 Å². The fraction of sp³-hybridized carbons (Fsp3) is 0.833. The molecule has 0 aromatic rings. The Morgan fingerprint density at radius 2 is 1.75 bits per heavy atom. The largest absolute Gasteiger partial charge is 2.00 e. The topological polar surface area (TPSA) is 173 Å². The van der Waals surface area contributed by atoms with Crippen LogP contribution in [0.5, 0.6) is 0 Å². The number of hydrogen-bond acceptors (Lipinski definition) is 6. The van der Waals surface area contributed by atoms with E-state index in [0.29, 0.717) is 13.0 Å². The van der Waals surface area contributed by atoms with E-state index in [4.69, 9.17) is 35.8 Å². The molecule has 10 heteroatoms. The molecule has 0 fully saturated rings. The summed E-state index contributed by atoms with van der Waals surface area (Å²) >= 11 is 0. The Balaban J connectivity index is -0.000000242. The second kappa shape index (κ2) is 12.2. The quantitative estimate of drug-likeness (QED) is 0.234. The third kappa shape index (κ3) is 29.3. The molecule has 0 radical (unpaired) electrons. The van der Waals surface area contributed by atoms with Gasteiger partial charge in [-0.15, -0.1) is 0 Å². The van der Waals surface area contributed by atoms with Crippen molar-refractivity contribution in [3.63, 3.8) is 0 Å². The monoisotopic (exact) mass is 282 g/mol. The molecule has 0 aromatic heterocycles. The molecule has 16 heavy (non-hydrogen) atoms. The van der Waals surface area contributed by atoms with Crippen LogP contribution in [0.4, 0.5) is 0 Å². The molecule has 0 amide bonds. The first-order chi connectivity index (χ1) is 6.68. The summed E-state index contributed by atoms with van der Waals surface area (Å²) in [4.78, 5) is 34.4. The molecular weight excluding hydrogens is 267 g/mol. The molecule has 0 saturated carbocycles. The van der Waals surface area contributed by atoms with Gasteiger partial charge in [-0.25, -0.2) is 0 Å². The zero-order valence-electron chi connectivity index (χ0n) is 8.74. The van der Waals surface area contributed by atoms with Gasteiger partial charge in [0.05, 0.1) is 7.82 Å². The first-order valence-electron chi connectivity index (χ1n) is 4.11. The molecule has 0 aliphatic rings. The van der Waals surface area contributed by atoms with Crippen LogP contribution in [0, 0.1) is 0 Å². The number of nitrogens with two attached hydrogens (primary N) is 2. The van der Waals surface area contributed by atoms with Crippen LogP contribution >= 0.6 is 7.82 Å². The third-order valence-electron chi connectivity index (χ3n) is 1.29. The number of carboxylic acids is 1. The summed E-state index contributed by atoms with van der Waals surface area (Å²) in [6.07, 6.45) is 2.16. The molecule has 0 aliphatic carbocycles. The average molecular weight is 282 g/mol. The third-order valence-corrected chi connectivity index (χ3v) is 1.29. The van der Waals surface area contributed by atoms with Gasteiger partial charge in [-0.2, -0.15) is 0 Å². The molecule has 0 aromatic carbocycles. The van der Waals surface area contributed by atoms with E-state index in [2.05, 4.69) is 0 Å². The molecule has 0 heterocycles. The molecule has 0 spiro atoms. The van der Waals surface area contributed by atoms with Gasteiger partial charge in [0.25, 0.3) is 0 Å². The number of rotatable bonds is 5. The molecule has 8 nitrogen and oxygen atoms in total. The standard InChI is InChI=1S/C6H14N2O2.Ca.H3O4P/c7-4-2-1-3-5(8)6(9)10;;1-5(2,3)4/h5H,1-4,7-8H2,(H,9,10);;(H3,1,2,3,4)/q;+2;/p-2/t5-;;/m0../s1. The minimum Gasteiger partial charge on any atom is -0.790 e. The predicted molar refractivity (Wildman–Crippen MR) is 54.1 cm³/mol. The molecule has 0 saturated heterocycles. The van der Waals surface area contributed by atoms with Crippen LogP contribution in [-0.4, -0.2) is 66.3 Å². The number of unbranched alkanes of at least 4 members (excludes halogenated alkanes) is 1. The molecule has 0 aliphatic heterocycles. The predicted octanol–water partition coefficient (Wildman–Crippen LogP) is -3.05. The molecule has 92 valence electrons. The first kappa shape index (κ1) is 22.0. The molecular formula is C6H15CaN2O6P. The molecule has 6 N–H and O–H groups in total. The fourth-order valence-corrected chi connectivity index (χ4v) is 0.632. The summed E-state index contributed by atoms with van der Waals surface area (Å²) in [5.74, 6) is -0.933. The maximum Gasteiger partial charge on any atom is 2.00 e. The van der Waals surface area contributed by atoms with Crippen molar-refractivity contribution in [2.75, 3.05) is 6.54 Å². The van der Waals surface area contributed by atoms with Crippen LogP contribution in [0.25, 0.3) is 0 Å². The van der Waals surface area contributed by atoms with Crippen molar-refractivity contribution in [3.05, 3.63) is 0 Å². The number of carboxylic acid groups (broad SMARTS) is 1. The Hall–Kier alpha value is 0.760. The van der Waals surface area contributed by atoms with Crippen LogP contribution in [-0.2, 0) is 9.36 Å². The van der Waals surface area contributed by atoms with Gasteiger partial charge in [-0.3, -0.25) is 4.79 Å². The van der Waals surface area contributed by atoms with Crippen LogP contribution in [0.2, 0.25) is 0 Å². The normalized spacial score (nSPS) is 11.8. The SMILES string of the molecule is NCCCC[C@H](N)C(=O)O.O=P([O-])([O-])O.[Ca+2]. The van der Waals surface area contributed by atoms with Gasteiger partial charge in [0.15, 0.2) is 0 Å². The molecule has 0 bridgehead atoms. The van der Waals surface area contributed by atoms with E-state index in [0.717, 1.165) is 12.8 Å². The van der Waals surface area contributed by atoms with E-state index < -0.39 is 19.8 Å². The van der Waals surface area contributed by atoms with E-state index in [9.17, 15) is 4.79 Å². The minimum atomic E-state index is -5.14. The van der Waals surface area contributed by atoms with Gasteiger partial charge >= 0.3 is 43.7 Å². The van der Waals surface area contributed by atoms with Crippen LogP contribution in [0.15, 0.2) is 0 Å². The number of carbonyl (C=O) groups is 1.